The molecule has 2 rings (SSSR count). The normalized spacial score (nSPS) is 11.4. The quantitative estimate of drug-likeness (QED) is 0.820. The molecule has 0 aromatic heterocycles. The SMILES string of the molecule is CC(O)CCNC(=O)c1cccc(COc2ccccc2C#N)c1. The average molecular weight is 324 g/mol. The summed E-state index contributed by atoms with van der Waals surface area (Å²) in [7, 11) is 0. The van der Waals surface area contributed by atoms with Crippen LogP contribution in [-0.2, 0) is 6.61 Å². The zero-order valence-electron chi connectivity index (χ0n) is 13.5. The molecule has 2 aromatic carbocycles. The number of ether oxygens (including phenoxy) is 1. The number of aliphatic hydroxyl groups is 1. The zero-order chi connectivity index (χ0) is 17.4. The third-order valence-electron chi connectivity index (χ3n) is 3.44. The van der Waals surface area contributed by atoms with Crippen LogP contribution in [0, 0.1) is 11.3 Å². The van der Waals surface area contributed by atoms with Gasteiger partial charge in [-0.15, -0.1) is 0 Å². The summed E-state index contributed by atoms with van der Waals surface area (Å²) >= 11 is 0. The number of benzene rings is 2. The van der Waals surface area contributed by atoms with E-state index in [0.29, 0.717) is 29.8 Å². The minimum absolute atomic E-state index is 0.185. The first-order valence-corrected chi connectivity index (χ1v) is 7.77. The van der Waals surface area contributed by atoms with Crippen LogP contribution in [0.5, 0.6) is 5.75 Å². The third-order valence-corrected chi connectivity index (χ3v) is 3.44. The smallest absolute Gasteiger partial charge is 0.251 e. The first-order chi connectivity index (χ1) is 11.6. The molecule has 0 bridgehead atoms. The van der Waals surface area contributed by atoms with E-state index in [1.807, 2.05) is 12.1 Å². The lowest BCUT2D eigenvalue weighted by atomic mass is 10.1. The van der Waals surface area contributed by atoms with E-state index >= 15 is 0 Å². The van der Waals surface area contributed by atoms with Gasteiger partial charge in [0.05, 0.1) is 11.7 Å². The lowest BCUT2D eigenvalue weighted by molar-refractivity contribution is 0.0945. The van der Waals surface area contributed by atoms with Crippen LogP contribution in [0.4, 0.5) is 0 Å². The Morgan fingerprint density at radius 3 is 2.83 bits per heavy atom. The van der Waals surface area contributed by atoms with E-state index in [4.69, 9.17) is 10.00 Å². The van der Waals surface area contributed by atoms with Gasteiger partial charge < -0.3 is 15.2 Å². The maximum Gasteiger partial charge on any atom is 0.251 e. The van der Waals surface area contributed by atoms with Gasteiger partial charge in [-0.05, 0) is 43.2 Å². The van der Waals surface area contributed by atoms with Crippen molar-refractivity contribution in [2.75, 3.05) is 6.54 Å². The molecule has 1 atom stereocenters. The largest absolute Gasteiger partial charge is 0.488 e. The van der Waals surface area contributed by atoms with Gasteiger partial charge in [-0.25, -0.2) is 0 Å². The van der Waals surface area contributed by atoms with Gasteiger partial charge in [0.25, 0.3) is 5.91 Å². The second-order valence-electron chi connectivity index (χ2n) is 5.49. The lowest BCUT2D eigenvalue weighted by Crippen LogP contribution is -2.26. The third kappa shape index (κ3) is 5.11. The summed E-state index contributed by atoms with van der Waals surface area (Å²) in [5.41, 5.74) is 1.85. The van der Waals surface area contributed by atoms with Crippen LogP contribution in [0.15, 0.2) is 48.5 Å². The fourth-order valence-corrected chi connectivity index (χ4v) is 2.14. The summed E-state index contributed by atoms with van der Waals surface area (Å²) in [5.74, 6) is 0.335. The van der Waals surface area contributed by atoms with Crippen molar-refractivity contribution in [2.24, 2.45) is 0 Å². The van der Waals surface area contributed by atoms with Crippen molar-refractivity contribution in [1.82, 2.24) is 5.32 Å². The summed E-state index contributed by atoms with van der Waals surface area (Å²) in [6.07, 6.45) is 0.0738. The molecule has 2 N–H and O–H groups in total. The van der Waals surface area contributed by atoms with Crippen LogP contribution in [0.1, 0.15) is 34.8 Å². The Bertz CT molecular complexity index is 735. The van der Waals surface area contributed by atoms with Crippen LogP contribution in [0.3, 0.4) is 0 Å². The fraction of sp³-hybridized carbons (Fsp3) is 0.263. The molecule has 124 valence electrons. The van der Waals surface area contributed by atoms with E-state index in [1.54, 1.807) is 43.3 Å². The predicted molar refractivity (Wildman–Crippen MR) is 90.6 cm³/mol. The van der Waals surface area contributed by atoms with Gasteiger partial charge in [-0.3, -0.25) is 4.79 Å². The van der Waals surface area contributed by atoms with Crippen molar-refractivity contribution >= 4 is 5.91 Å². The first kappa shape index (κ1) is 17.5. The summed E-state index contributed by atoms with van der Waals surface area (Å²) in [6, 6.07) is 16.2. The number of nitrogens with one attached hydrogen (secondary N) is 1. The van der Waals surface area contributed by atoms with E-state index in [9.17, 15) is 9.90 Å². The lowest BCUT2D eigenvalue weighted by Gasteiger charge is -2.10. The first-order valence-electron chi connectivity index (χ1n) is 7.77. The highest BCUT2D eigenvalue weighted by Crippen LogP contribution is 2.18. The standard InChI is InChI=1S/C19H20N2O3/c1-14(22)9-10-21-19(23)16-7-4-5-15(11-16)13-24-18-8-3-2-6-17(18)12-20/h2-8,11,14,22H,9-10,13H2,1H3,(H,21,23). The maximum atomic E-state index is 12.1. The molecular formula is C19H20N2O3. The van der Waals surface area contributed by atoms with Crippen molar-refractivity contribution in [2.45, 2.75) is 26.1 Å². The number of rotatable bonds is 7. The summed E-state index contributed by atoms with van der Waals surface area (Å²) in [6.45, 7) is 2.38. The van der Waals surface area contributed by atoms with Crippen molar-refractivity contribution < 1.29 is 14.6 Å². The van der Waals surface area contributed by atoms with Gasteiger partial charge in [-0.1, -0.05) is 24.3 Å². The molecule has 1 amide bonds. The molecule has 1 unspecified atom stereocenters. The molecule has 0 saturated carbocycles. The second-order valence-corrected chi connectivity index (χ2v) is 5.49. The minimum atomic E-state index is -0.440. The number of hydrogen-bond donors (Lipinski definition) is 2. The minimum Gasteiger partial charge on any atom is -0.488 e. The molecule has 0 heterocycles. The fourth-order valence-electron chi connectivity index (χ4n) is 2.14. The zero-order valence-corrected chi connectivity index (χ0v) is 13.5. The van der Waals surface area contributed by atoms with E-state index in [-0.39, 0.29) is 12.5 Å². The average Bonchev–Trinajstić information content (AvgIpc) is 2.60. The van der Waals surface area contributed by atoms with Crippen molar-refractivity contribution in [3.05, 3.63) is 65.2 Å². The Labute approximate surface area is 141 Å². The van der Waals surface area contributed by atoms with E-state index in [2.05, 4.69) is 11.4 Å². The Morgan fingerprint density at radius 1 is 1.29 bits per heavy atom. The Kier molecular flexibility index (Phi) is 6.35. The summed E-state index contributed by atoms with van der Waals surface area (Å²) in [4.78, 5) is 12.1. The highest BCUT2D eigenvalue weighted by Gasteiger charge is 2.07. The molecule has 0 fully saturated rings. The number of carbonyl (C=O) groups excluding carboxylic acids is 1. The number of para-hydroxylation sites is 1. The number of aliphatic hydroxyl groups excluding tert-OH is 1. The van der Waals surface area contributed by atoms with Gasteiger partial charge in [0.1, 0.15) is 18.4 Å². The van der Waals surface area contributed by atoms with Crippen LogP contribution in [0.25, 0.3) is 0 Å². The molecule has 0 saturated heterocycles. The molecule has 0 spiro atoms. The Balaban J connectivity index is 1.97. The Morgan fingerprint density at radius 2 is 2.08 bits per heavy atom. The molecule has 0 aliphatic heterocycles. The van der Waals surface area contributed by atoms with Gasteiger partial charge >= 0.3 is 0 Å². The van der Waals surface area contributed by atoms with Gasteiger partial charge in [0.15, 0.2) is 0 Å². The summed E-state index contributed by atoms with van der Waals surface area (Å²) < 4.78 is 5.67. The summed E-state index contributed by atoms with van der Waals surface area (Å²) in [5, 5.41) is 21.0. The van der Waals surface area contributed by atoms with Crippen LogP contribution in [-0.4, -0.2) is 23.7 Å². The number of carbonyl (C=O) groups is 1. The molecule has 0 radical (unpaired) electrons. The van der Waals surface area contributed by atoms with Gasteiger partial charge in [0.2, 0.25) is 0 Å². The van der Waals surface area contributed by atoms with E-state index in [1.165, 1.54) is 0 Å². The number of amides is 1. The molecule has 0 aliphatic rings. The highest BCUT2D eigenvalue weighted by molar-refractivity contribution is 5.94. The van der Waals surface area contributed by atoms with E-state index < -0.39 is 6.10 Å². The Hall–Kier alpha value is -2.84. The van der Waals surface area contributed by atoms with Crippen molar-refractivity contribution in [3.8, 4) is 11.8 Å². The van der Waals surface area contributed by atoms with Crippen molar-refractivity contribution in [3.63, 3.8) is 0 Å². The van der Waals surface area contributed by atoms with Crippen LogP contribution < -0.4 is 10.1 Å². The molecule has 24 heavy (non-hydrogen) atoms. The van der Waals surface area contributed by atoms with Crippen molar-refractivity contribution in [1.29, 1.82) is 5.26 Å². The molecule has 0 aliphatic carbocycles. The van der Waals surface area contributed by atoms with E-state index in [0.717, 1.165) is 5.56 Å². The molecule has 5 nitrogen and oxygen atoms in total. The van der Waals surface area contributed by atoms with Crippen LogP contribution >= 0.6 is 0 Å². The van der Waals surface area contributed by atoms with Gasteiger partial charge in [0, 0.05) is 12.1 Å². The number of nitrogens with zero attached hydrogens (tertiary/aromatic N) is 1. The van der Waals surface area contributed by atoms with Gasteiger partial charge in [-0.2, -0.15) is 5.26 Å². The number of hydrogen-bond acceptors (Lipinski definition) is 4. The topological polar surface area (TPSA) is 82.3 Å². The maximum absolute atomic E-state index is 12.1. The monoisotopic (exact) mass is 324 g/mol. The molecule has 2 aromatic rings. The molecule has 5 heteroatoms. The second kappa shape index (κ2) is 8.70. The predicted octanol–water partition coefficient (Wildman–Crippen LogP) is 2.64. The number of nitriles is 1. The molecular weight excluding hydrogens is 304 g/mol. The highest BCUT2D eigenvalue weighted by atomic mass is 16.5. The van der Waals surface area contributed by atoms with Crippen LogP contribution in [0.2, 0.25) is 0 Å².